The molecule has 102 valence electrons. The zero-order valence-corrected chi connectivity index (χ0v) is 13.4. The van der Waals surface area contributed by atoms with Gasteiger partial charge in [-0.2, -0.15) is 0 Å². The van der Waals surface area contributed by atoms with Crippen molar-refractivity contribution in [3.8, 4) is 11.1 Å². The number of nitrogens with zero attached hydrogens (tertiary/aromatic N) is 2. The molecule has 0 bridgehead atoms. The maximum absolute atomic E-state index is 6.37. The molecule has 0 saturated carbocycles. The molecule has 2 nitrogen and oxygen atoms in total. The third kappa shape index (κ3) is 2.30. The summed E-state index contributed by atoms with van der Waals surface area (Å²) in [5.74, 6) is 1.03. The predicted molar refractivity (Wildman–Crippen MR) is 87.0 cm³/mol. The molecule has 0 amide bonds. The zero-order valence-electron chi connectivity index (χ0n) is 11.0. The first-order chi connectivity index (χ1) is 9.58. The van der Waals surface area contributed by atoms with Crippen molar-refractivity contribution in [3.05, 3.63) is 45.6 Å². The van der Waals surface area contributed by atoms with Crippen molar-refractivity contribution in [2.75, 3.05) is 0 Å². The second-order valence-corrected chi connectivity index (χ2v) is 6.46. The highest BCUT2D eigenvalue weighted by Gasteiger charge is 2.16. The largest absolute Gasteiger partial charge is 0.222 e. The average molecular weight is 323 g/mol. The SMILES string of the molecule is CC(C)c1nc(Cl)c2c(-c3ccccc3Cl)csc2n1. The average Bonchev–Trinajstić information content (AvgIpc) is 2.83. The van der Waals surface area contributed by atoms with Crippen LogP contribution in [-0.2, 0) is 0 Å². The maximum Gasteiger partial charge on any atom is 0.142 e. The third-order valence-corrected chi connectivity index (χ3v) is 4.56. The van der Waals surface area contributed by atoms with E-state index in [2.05, 4.69) is 23.8 Å². The molecule has 1 aromatic carbocycles. The second-order valence-electron chi connectivity index (χ2n) is 4.84. The Balaban J connectivity index is 2.27. The van der Waals surface area contributed by atoms with E-state index >= 15 is 0 Å². The zero-order chi connectivity index (χ0) is 14.3. The van der Waals surface area contributed by atoms with Gasteiger partial charge in [-0.25, -0.2) is 9.97 Å². The van der Waals surface area contributed by atoms with Gasteiger partial charge in [0, 0.05) is 27.4 Å². The highest BCUT2D eigenvalue weighted by atomic mass is 35.5. The first kappa shape index (κ1) is 13.8. The van der Waals surface area contributed by atoms with E-state index in [0.717, 1.165) is 27.2 Å². The van der Waals surface area contributed by atoms with E-state index in [1.807, 2.05) is 29.6 Å². The molecule has 3 aromatic rings. The number of halogens is 2. The molecule has 20 heavy (non-hydrogen) atoms. The summed E-state index contributed by atoms with van der Waals surface area (Å²) in [5.41, 5.74) is 1.96. The van der Waals surface area contributed by atoms with Gasteiger partial charge >= 0.3 is 0 Å². The highest BCUT2D eigenvalue weighted by Crippen LogP contribution is 2.39. The van der Waals surface area contributed by atoms with Gasteiger partial charge < -0.3 is 0 Å². The van der Waals surface area contributed by atoms with Crippen LogP contribution >= 0.6 is 34.5 Å². The van der Waals surface area contributed by atoms with Crippen molar-refractivity contribution in [2.24, 2.45) is 0 Å². The Hall–Kier alpha value is -1.16. The van der Waals surface area contributed by atoms with Crippen molar-refractivity contribution in [3.63, 3.8) is 0 Å². The summed E-state index contributed by atoms with van der Waals surface area (Å²) in [4.78, 5) is 9.90. The fraction of sp³-hybridized carbons (Fsp3) is 0.200. The van der Waals surface area contributed by atoms with Crippen LogP contribution in [0.1, 0.15) is 25.6 Å². The minimum absolute atomic E-state index is 0.253. The van der Waals surface area contributed by atoms with Gasteiger partial charge in [0.25, 0.3) is 0 Å². The van der Waals surface area contributed by atoms with Gasteiger partial charge in [0.1, 0.15) is 15.8 Å². The molecule has 2 heterocycles. The summed E-state index contributed by atoms with van der Waals surface area (Å²) >= 11 is 14.2. The summed E-state index contributed by atoms with van der Waals surface area (Å²) in [7, 11) is 0. The number of rotatable bonds is 2. The van der Waals surface area contributed by atoms with Crippen LogP contribution in [0.4, 0.5) is 0 Å². The van der Waals surface area contributed by atoms with Gasteiger partial charge in [-0.3, -0.25) is 0 Å². The highest BCUT2D eigenvalue weighted by molar-refractivity contribution is 7.17. The lowest BCUT2D eigenvalue weighted by Crippen LogP contribution is -1.97. The standard InChI is InChI=1S/C15H12Cl2N2S/c1-8(2)14-18-13(17)12-10(7-20-15(12)19-14)9-5-3-4-6-11(9)16/h3-8H,1-2H3. The molecule has 0 aliphatic rings. The summed E-state index contributed by atoms with van der Waals surface area (Å²) in [6.45, 7) is 4.11. The van der Waals surface area contributed by atoms with E-state index in [1.165, 1.54) is 0 Å². The lowest BCUT2D eigenvalue weighted by molar-refractivity contribution is 0.784. The Kier molecular flexibility index (Phi) is 3.67. The van der Waals surface area contributed by atoms with Crippen molar-refractivity contribution in [1.82, 2.24) is 9.97 Å². The molecule has 0 fully saturated rings. The Morgan fingerprint density at radius 3 is 2.50 bits per heavy atom. The third-order valence-electron chi connectivity index (χ3n) is 3.09. The normalized spacial score (nSPS) is 11.4. The van der Waals surface area contributed by atoms with Gasteiger partial charge in [0.15, 0.2) is 0 Å². The van der Waals surface area contributed by atoms with Crippen LogP contribution in [0.2, 0.25) is 10.2 Å². The van der Waals surface area contributed by atoms with Crippen LogP contribution in [0.5, 0.6) is 0 Å². The molecule has 0 atom stereocenters. The minimum Gasteiger partial charge on any atom is -0.222 e. The number of hydrogen-bond acceptors (Lipinski definition) is 3. The fourth-order valence-corrected chi connectivity index (χ4v) is 3.57. The van der Waals surface area contributed by atoms with Gasteiger partial charge in [-0.1, -0.05) is 55.2 Å². The van der Waals surface area contributed by atoms with E-state index in [-0.39, 0.29) is 5.92 Å². The van der Waals surface area contributed by atoms with Crippen molar-refractivity contribution >= 4 is 44.8 Å². The summed E-state index contributed by atoms with van der Waals surface area (Å²) < 4.78 is 0. The number of fused-ring (bicyclic) bond motifs is 1. The molecule has 2 aromatic heterocycles. The Morgan fingerprint density at radius 1 is 1.05 bits per heavy atom. The van der Waals surface area contributed by atoms with E-state index in [0.29, 0.717) is 10.2 Å². The molecule has 0 aliphatic carbocycles. The van der Waals surface area contributed by atoms with Crippen molar-refractivity contribution < 1.29 is 0 Å². The fourth-order valence-electron chi connectivity index (χ4n) is 2.05. The van der Waals surface area contributed by atoms with Gasteiger partial charge in [-0.05, 0) is 6.07 Å². The first-order valence-electron chi connectivity index (χ1n) is 6.27. The Labute approximate surface area is 131 Å². The van der Waals surface area contributed by atoms with Crippen LogP contribution in [0.25, 0.3) is 21.3 Å². The topological polar surface area (TPSA) is 25.8 Å². The van der Waals surface area contributed by atoms with Crippen molar-refractivity contribution in [1.29, 1.82) is 0 Å². The van der Waals surface area contributed by atoms with E-state index < -0.39 is 0 Å². The Morgan fingerprint density at radius 2 is 1.80 bits per heavy atom. The van der Waals surface area contributed by atoms with Gasteiger partial charge in [0.2, 0.25) is 0 Å². The van der Waals surface area contributed by atoms with Crippen LogP contribution < -0.4 is 0 Å². The summed E-state index contributed by atoms with van der Waals surface area (Å²) in [6.07, 6.45) is 0. The number of thiophene rings is 1. The van der Waals surface area contributed by atoms with Crippen LogP contribution in [0, 0.1) is 0 Å². The molecule has 0 N–H and O–H groups in total. The molecule has 0 saturated heterocycles. The monoisotopic (exact) mass is 322 g/mol. The second kappa shape index (κ2) is 5.32. The van der Waals surface area contributed by atoms with E-state index in [1.54, 1.807) is 11.3 Å². The summed E-state index contributed by atoms with van der Waals surface area (Å²) in [5, 5.41) is 4.12. The van der Waals surface area contributed by atoms with Gasteiger partial charge in [-0.15, -0.1) is 11.3 Å². The quantitative estimate of drug-likeness (QED) is 0.558. The smallest absolute Gasteiger partial charge is 0.142 e. The lowest BCUT2D eigenvalue weighted by atomic mass is 10.1. The van der Waals surface area contributed by atoms with Crippen molar-refractivity contribution in [2.45, 2.75) is 19.8 Å². The van der Waals surface area contributed by atoms with Crippen LogP contribution in [0.15, 0.2) is 29.6 Å². The number of benzene rings is 1. The van der Waals surface area contributed by atoms with E-state index in [9.17, 15) is 0 Å². The minimum atomic E-state index is 0.253. The molecular formula is C15H12Cl2N2S. The number of aromatic nitrogens is 2. The molecule has 0 aliphatic heterocycles. The Bertz CT molecular complexity index is 781. The maximum atomic E-state index is 6.37. The first-order valence-corrected chi connectivity index (χ1v) is 7.91. The lowest BCUT2D eigenvalue weighted by Gasteiger charge is -2.06. The molecular weight excluding hydrogens is 311 g/mol. The predicted octanol–water partition coefficient (Wildman–Crippen LogP) is 5.79. The van der Waals surface area contributed by atoms with E-state index in [4.69, 9.17) is 23.2 Å². The molecule has 0 unspecified atom stereocenters. The molecule has 0 spiro atoms. The molecule has 5 heteroatoms. The van der Waals surface area contributed by atoms with Gasteiger partial charge in [0.05, 0.1) is 5.39 Å². The van der Waals surface area contributed by atoms with Crippen LogP contribution in [0.3, 0.4) is 0 Å². The number of hydrogen-bond donors (Lipinski definition) is 0. The summed E-state index contributed by atoms with van der Waals surface area (Å²) in [6, 6.07) is 7.73. The molecule has 0 radical (unpaired) electrons. The van der Waals surface area contributed by atoms with Crippen LogP contribution in [-0.4, -0.2) is 9.97 Å². The molecule has 3 rings (SSSR count).